The summed E-state index contributed by atoms with van der Waals surface area (Å²) in [6.07, 6.45) is 2.55. The quantitative estimate of drug-likeness (QED) is 0.870. The fourth-order valence-corrected chi connectivity index (χ4v) is 3.39. The monoisotopic (exact) mass is 278 g/mol. The predicted molar refractivity (Wildman–Crippen MR) is 82.7 cm³/mol. The number of amides is 1. The fourth-order valence-electron chi connectivity index (χ4n) is 2.18. The molecule has 0 atom stereocenters. The van der Waals surface area contributed by atoms with E-state index >= 15 is 0 Å². The number of carbonyl (C=O) groups is 1. The number of nitrogens with one attached hydrogen (secondary N) is 2. The minimum Gasteiger partial charge on any atom is -0.325 e. The van der Waals surface area contributed by atoms with E-state index in [0.717, 1.165) is 18.2 Å². The number of benzene rings is 1. The average molecular weight is 278 g/mol. The molecule has 0 aromatic heterocycles. The number of anilines is 1. The van der Waals surface area contributed by atoms with Crippen molar-refractivity contribution in [3.05, 3.63) is 29.8 Å². The molecular weight excluding hydrogens is 256 g/mol. The lowest BCUT2D eigenvalue weighted by Crippen LogP contribution is -2.32. The number of aryl methyl sites for hydroxylation is 1. The molecule has 1 amide bonds. The normalized spacial score (nSPS) is 16.3. The molecule has 0 spiro atoms. The first-order valence-corrected chi connectivity index (χ1v) is 8.04. The molecule has 3 nitrogen and oxygen atoms in total. The number of rotatable bonds is 5. The highest BCUT2D eigenvalue weighted by Gasteiger charge is 2.13. The molecule has 19 heavy (non-hydrogen) atoms. The standard InChI is InChI=1S/C15H22N2OS/c1-12-2-4-14(5-3-12)17-15(18)11-16-10-13-6-8-19-9-7-13/h2-5,13,16H,6-11H2,1H3,(H,17,18). The Balaban J connectivity index is 1.65. The van der Waals surface area contributed by atoms with Gasteiger partial charge in [0.2, 0.25) is 5.91 Å². The van der Waals surface area contributed by atoms with Gasteiger partial charge in [-0.05, 0) is 55.9 Å². The van der Waals surface area contributed by atoms with Crippen LogP contribution in [0.5, 0.6) is 0 Å². The van der Waals surface area contributed by atoms with Gasteiger partial charge in [0.1, 0.15) is 0 Å². The fraction of sp³-hybridized carbons (Fsp3) is 0.533. The van der Waals surface area contributed by atoms with Crippen LogP contribution in [0.25, 0.3) is 0 Å². The lowest BCUT2D eigenvalue weighted by Gasteiger charge is -2.21. The van der Waals surface area contributed by atoms with E-state index in [1.54, 1.807) is 0 Å². The van der Waals surface area contributed by atoms with Gasteiger partial charge in [0.25, 0.3) is 0 Å². The molecule has 1 aliphatic heterocycles. The van der Waals surface area contributed by atoms with Crippen molar-refractivity contribution in [1.29, 1.82) is 0 Å². The van der Waals surface area contributed by atoms with E-state index in [4.69, 9.17) is 0 Å². The van der Waals surface area contributed by atoms with Crippen molar-refractivity contribution in [2.24, 2.45) is 5.92 Å². The summed E-state index contributed by atoms with van der Waals surface area (Å²) in [6, 6.07) is 7.88. The van der Waals surface area contributed by atoms with Crippen molar-refractivity contribution >= 4 is 23.4 Å². The summed E-state index contributed by atoms with van der Waals surface area (Å²) in [6.45, 7) is 3.40. The lowest BCUT2D eigenvalue weighted by atomic mass is 10.0. The number of carbonyl (C=O) groups excluding carboxylic acids is 1. The largest absolute Gasteiger partial charge is 0.325 e. The highest BCUT2D eigenvalue weighted by molar-refractivity contribution is 7.99. The molecule has 0 radical (unpaired) electrons. The maximum Gasteiger partial charge on any atom is 0.238 e. The molecule has 1 aromatic carbocycles. The van der Waals surface area contributed by atoms with Gasteiger partial charge in [0, 0.05) is 5.69 Å². The van der Waals surface area contributed by atoms with E-state index in [9.17, 15) is 4.79 Å². The van der Waals surface area contributed by atoms with E-state index in [-0.39, 0.29) is 5.91 Å². The van der Waals surface area contributed by atoms with Gasteiger partial charge in [0.05, 0.1) is 6.54 Å². The van der Waals surface area contributed by atoms with Gasteiger partial charge in [-0.3, -0.25) is 4.79 Å². The third-order valence-electron chi connectivity index (χ3n) is 3.39. The highest BCUT2D eigenvalue weighted by atomic mass is 32.2. The molecule has 0 unspecified atom stereocenters. The summed E-state index contributed by atoms with van der Waals surface area (Å²) in [5.74, 6) is 3.31. The molecule has 104 valence electrons. The third kappa shape index (κ3) is 5.25. The third-order valence-corrected chi connectivity index (χ3v) is 4.44. The summed E-state index contributed by atoms with van der Waals surface area (Å²) < 4.78 is 0. The van der Waals surface area contributed by atoms with Gasteiger partial charge in [-0.15, -0.1) is 0 Å². The summed E-state index contributed by atoms with van der Waals surface area (Å²) in [4.78, 5) is 11.8. The average Bonchev–Trinajstić information content (AvgIpc) is 2.43. The molecule has 2 N–H and O–H groups in total. The maximum absolute atomic E-state index is 11.8. The molecule has 0 saturated carbocycles. The molecule has 1 aliphatic rings. The molecule has 0 aliphatic carbocycles. The van der Waals surface area contributed by atoms with Crippen molar-refractivity contribution in [1.82, 2.24) is 5.32 Å². The first kappa shape index (κ1) is 14.4. The predicted octanol–water partition coefficient (Wildman–Crippen LogP) is 2.67. The minimum absolute atomic E-state index is 0.0361. The van der Waals surface area contributed by atoms with Crippen molar-refractivity contribution in [3.63, 3.8) is 0 Å². The molecule has 1 saturated heterocycles. The second-order valence-electron chi connectivity index (χ2n) is 5.10. The first-order valence-electron chi connectivity index (χ1n) is 6.89. The summed E-state index contributed by atoms with van der Waals surface area (Å²) >= 11 is 2.03. The van der Waals surface area contributed by atoms with Crippen LogP contribution in [0.1, 0.15) is 18.4 Å². The van der Waals surface area contributed by atoms with Crippen LogP contribution in [0.4, 0.5) is 5.69 Å². The molecule has 4 heteroatoms. The van der Waals surface area contributed by atoms with Gasteiger partial charge < -0.3 is 10.6 Å². The molecule has 2 rings (SSSR count). The maximum atomic E-state index is 11.8. The first-order chi connectivity index (χ1) is 9.24. The Bertz CT molecular complexity index is 399. The van der Waals surface area contributed by atoms with Crippen molar-refractivity contribution in [2.75, 3.05) is 29.9 Å². The zero-order valence-corrected chi connectivity index (χ0v) is 12.3. The van der Waals surface area contributed by atoms with Gasteiger partial charge >= 0.3 is 0 Å². The Morgan fingerprint density at radius 2 is 1.95 bits per heavy atom. The van der Waals surface area contributed by atoms with Gasteiger partial charge in [-0.1, -0.05) is 17.7 Å². The van der Waals surface area contributed by atoms with E-state index < -0.39 is 0 Å². The van der Waals surface area contributed by atoms with E-state index in [2.05, 4.69) is 10.6 Å². The highest BCUT2D eigenvalue weighted by Crippen LogP contribution is 2.21. The molecular formula is C15H22N2OS. The Labute approximate surface area is 119 Å². The topological polar surface area (TPSA) is 41.1 Å². The SMILES string of the molecule is Cc1ccc(NC(=O)CNCC2CCSCC2)cc1. The van der Waals surface area contributed by atoms with Gasteiger partial charge in [0.15, 0.2) is 0 Å². The van der Waals surface area contributed by atoms with Crippen LogP contribution < -0.4 is 10.6 Å². The van der Waals surface area contributed by atoms with Crippen molar-refractivity contribution in [3.8, 4) is 0 Å². The Hall–Kier alpha value is -1.00. The molecule has 1 heterocycles. The molecule has 1 aromatic rings. The second-order valence-corrected chi connectivity index (χ2v) is 6.33. The zero-order valence-electron chi connectivity index (χ0n) is 11.4. The van der Waals surface area contributed by atoms with Crippen LogP contribution >= 0.6 is 11.8 Å². The van der Waals surface area contributed by atoms with Gasteiger partial charge in [-0.2, -0.15) is 11.8 Å². The molecule has 1 fully saturated rings. The van der Waals surface area contributed by atoms with Crippen LogP contribution in [0.3, 0.4) is 0 Å². The Morgan fingerprint density at radius 1 is 1.26 bits per heavy atom. The van der Waals surface area contributed by atoms with Gasteiger partial charge in [-0.25, -0.2) is 0 Å². The van der Waals surface area contributed by atoms with Crippen molar-refractivity contribution in [2.45, 2.75) is 19.8 Å². The zero-order chi connectivity index (χ0) is 13.5. The number of hydrogen-bond acceptors (Lipinski definition) is 3. The lowest BCUT2D eigenvalue weighted by molar-refractivity contribution is -0.115. The van der Waals surface area contributed by atoms with E-state index in [0.29, 0.717) is 6.54 Å². The number of thioether (sulfide) groups is 1. The van der Waals surface area contributed by atoms with E-state index in [1.807, 2.05) is 43.0 Å². The number of hydrogen-bond donors (Lipinski definition) is 2. The smallest absolute Gasteiger partial charge is 0.238 e. The molecule has 0 bridgehead atoms. The van der Waals surface area contributed by atoms with E-state index in [1.165, 1.54) is 29.9 Å². The van der Waals surface area contributed by atoms with Crippen molar-refractivity contribution < 1.29 is 4.79 Å². The minimum atomic E-state index is 0.0361. The Kier molecular flexibility index (Phi) is 5.73. The second kappa shape index (κ2) is 7.56. The van der Waals surface area contributed by atoms with Crippen LogP contribution in [0.15, 0.2) is 24.3 Å². The summed E-state index contributed by atoms with van der Waals surface area (Å²) in [5.41, 5.74) is 2.07. The van der Waals surface area contributed by atoms with Crippen LogP contribution in [0, 0.1) is 12.8 Å². The Morgan fingerprint density at radius 3 is 2.63 bits per heavy atom. The van der Waals surface area contributed by atoms with Crippen LogP contribution in [-0.2, 0) is 4.79 Å². The van der Waals surface area contributed by atoms with Crippen LogP contribution in [0.2, 0.25) is 0 Å². The van der Waals surface area contributed by atoms with Crippen LogP contribution in [-0.4, -0.2) is 30.5 Å². The summed E-state index contributed by atoms with van der Waals surface area (Å²) in [7, 11) is 0. The summed E-state index contributed by atoms with van der Waals surface area (Å²) in [5, 5.41) is 6.17.